The summed E-state index contributed by atoms with van der Waals surface area (Å²) in [6.45, 7) is 10.6. The van der Waals surface area contributed by atoms with E-state index in [1.165, 1.54) is 18.4 Å². The number of methoxy groups -OCH3 is 1. The molecule has 2 heterocycles. The summed E-state index contributed by atoms with van der Waals surface area (Å²) in [5.74, 6) is -0.543. The first kappa shape index (κ1) is 25.3. The molecule has 2 amide bonds. The maximum Gasteiger partial charge on any atom is 0.341 e. The average Bonchev–Trinajstić information content (AvgIpc) is 3.00. The Balaban J connectivity index is 1.75. The van der Waals surface area contributed by atoms with Crippen molar-refractivity contribution in [3.63, 3.8) is 0 Å². The van der Waals surface area contributed by atoms with Crippen LogP contribution in [0.2, 0.25) is 0 Å². The van der Waals surface area contributed by atoms with Crippen LogP contribution in [0.25, 0.3) is 0 Å². The Morgan fingerprint density at radius 3 is 2.48 bits per heavy atom. The number of carbonyl (C=O) groups is 3. The maximum absolute atomic E-state index is 12.5. The van der Waals surface area contributed by atoms with Crippen molar-refractivity contribution in [2.45, 2.75) is 53.1 Å². The van der Waals surface area contributed by atoms with Crippen LogP contribution in [0.3, 0.4) is 0 Å². The van der Waals surface area contributed by atoms with Gasteiger partial charge in [-0.05, 0) is 65.6 Å². The quantitative estimate of drug-likeness (QED) is 0.418. The number of carbonyl (C=O) groups excluding carboxylic acids is 3. The highest BCUT2D eigenvalue weighted by atomic mass is 32.1. The molecule has 0 radical (unpaired) electrons. The number of hydrogen-bond donors (Lipinski definition) is 2. The Morgan fingerprint density at radius 2 is 1.87 bits per heavy atom. The Kier molecular flexibility index (Phi) is 9.93. The van der Waals surface area contributed by atoms with Crippen LogP contribution in [0, 0.1) is 19.8 Å². The van der Waals surface area contributed by atoms with Crippen molar-refractivity contribution in [2.75, 3.05) is 45.2 Å². The maximum atomic E-state index is 12.5. The number of nitrogens with zero attached hydrogens (tertiary/aromatic N) is 1. The molecule has 2 N–H and O–H groups in total. The van der Waals surface area contributed by atoms with Crippen LogP contribution >= 0.6 is 11.3 Å². The molecule has 2 rings (SSSR count). The molecule has 0 bridgehead atoms. The van der Waals surface area contributed by atoms with E-state index in [9.17, 15) is 14.4 Å². The van der Waals surface area contributed by atoms with Crippen molar-refractivity contribution in [2.24, 2.45) is 5.92 Å². The van der Waals surface area contributed by atoms with E-state index in [-0.39, 0.29) is 30.4 Å². The lowest BCUT2D eigenvalue weighted by Crippen LogP contribution is -2.43. The van der Waals surface area contributed by atoms with E-state index in [0.29, 0.717) is 36.8 Å². The zero-order valence-electron chi connectivity index (χ0n) is 19.2. The van der Waals surface area contributed by atoms with Crippen molar-refractivity contribution in [1.29, 1.82) is 0 Å². The number of aryl methyl sites for hydroxylation is 1. The van der Waals surface area contributed by atoms with Crippen LogP contribution in [0.5, 0.6) is 0 Å². The van der Waals surface area contributed by atoms with E-state index in [4.69, 9.17) is 9.47 Å². The predicted octanol–water partition coefficient (Wildman–Crippen LogP) is 2.73. The lowest BCUT2D eigenvalue weighted by atomic mass is 9.96. The second kappa shape index (κ2) is 12.2. The van der Waals surface area contributed by atoms with E-state index in [0.717, 1.165) is 29.7 Å². The first-order valence-corrected chi connectivity index (χ1v) is 11.6. The molecule has 1 aromatic rings. The van der Waals surface area contributed by atoms with Gasteiger partial charge in [0.15, 0.2) is 0 Å². The van der Waals surface area contributed by atoms with Gasteiger partial charge in [-0.25, -0.2) is 4.79 Å². The fourth-order valence-corrected chi connectivity index (χ4v) is 4.60. The van der Waals surface area contributed by atoms with Gasteiger partial charge in [-0.3, -0.25) is 14.5 Å². The summed E-state index contributed by atoms with van der Waals surface area (Å²) in [5, 5.41) is 6.38. The van der Waals surface area contributed by atoms with Gasteiger partial charge in [0.25, 0.3) is 0 Å². The summed E-state index contributed by atoms with van der Waals surface area (Å²) in [7, 11) is 1.33. The molecule has 1 aliphatic rings. The number of likely N-dealkylation sites (tertiary alicyclic amines) is 1. The van der Waals surface area contributed by atoms with Gasteiger partial charge in [-0.1, -0.05) is 0 Å². The zero-order valence-corrected chi connectivity index (χ0v) is 20.0. The van der Waals surface area contributed by atoms with E-state index < -0.39 is 5.97 Å². The summed E-state index contributed by atoms with van der Waals surface area (Å²) < 4.78 is 10.3. The lowest BCUT2D eigenvalue weighted by molar-refractivity contribution is -0.126. The molecule has 0 aliphatic carbocycles. The number of anilines is 1. The minimum atomic E-state index is -0.445. The lowest BCUT2D eigenvalue weighted by Gasteiger charge is -2.30. The Bertz CT molecular complexity index is 769. The number of ether oxygens (including phenoxy) is 2. The number of hydrogen-bond acceptors (Lipinski definition) is 7. The zero-order chi connectivity index (χ0) is 23.0. The molecule has 9 heteroatoms. The number of amides is 2. The molecular weight excluding hydrogens is 418 g/mol. The van der Waals surface area contributed by atoms with Crippen LogP contribution in [-0.4, -0.2) is 68.7 Å². The molecule has 1 aromatic heterocycles. The topological polar surface area (TPSA) is 97.0 Å². The van der Waals surface area contributed by atoms with E-state index >= 15 is 0 Å². The highest BCUT2D eigenvalue weighted by Crippen LogP contribution is 2.33. The molecule has 0 spiro atoms. The van der Waals surface area contributed by atoms with Gasteiger partial charge in [0.1, 0.15) is 5.00 Å². The second-order valence-corrected chi connectivity index (χ2v) is 9.37. The van der Waals surface area contributed by atoms with Gasteiger partial charge in [-0.2, -0.15) is 0 Å². The molecule has 174 valence electrons. The van der Waals surface area contributed by atoms with Crippen molar-refractivity contribution in [3.05, 3.63) is 16.0 Å². The molecule has 8 nitrogen and oxygen atoms in total. The molecular formula is C22H35N3O5S. The third-order valence-corrected chi connectivity index (χ3v) is 6.55. The van der Waals surface area contributed by atoms with Crippen LogP contribution < -0.4 is 10.6 Å². The summed E-state index contributed by atoms with van der Waals surface area (Å²) in [5.41, 5.74) is 1.25. The van der Waals surface area contributed by atoms with E-state index in [1.807, 2.05) is 32.6 Å². The molecule has 0 atom stereocenters. The van der Waals surface area contributed by atoms with Gasteiger partial charge < -0.3 is 20.1 Å². The van der Waals surface area contributed by atoms with Crippen molar-refractivity contribution in [3.8, 4) is 0 Å². The van der Waals surface area contributed by atoms with Crippen LogP contribution in [0.15, 0.2) is 0 Å². The molecule has 0 unspecified atom stereocenters. The fourth-order valence-electron chi connectivity index (χ4n) is 3.53. The Labute approximate surface area is 188 Å². The summed E-state index contributed by atoms with van der Waals surface area (Å²) in [6.07, 6.45) is 2.47. The second-order valence-electron chi connectivity index (χ2n) is 8.14. The highest BCUT2D eigenvalue weighted by Gasteiger charge is 2.27. The summed E-state index contributed by atoms with van der Waals surface area (Å²) in [6, 6.07) is 0. The third kappa shape index (κ3) is 7.59. The number of esters is 1. The van der Waals surface area contributed by atoms with E-state index in [2.05, 4.69) is 10.6 Å². The van der Waals surface area contributed by atoms with Gasteiger partial charge in [0.05, 0.1) is 25.3 Å². The minimum absolute atomic E-state index is 0.0150. The van der Waals surface area contributed by atoms with Crippen molar-refractivity contribution in [1.82, 2.24) is 10.2 Å². The molecule has 0 saturated carbocycles. The Morgan fingerprint density at radius 1 is 1.19 bits per heavy atom. The third-order valence-electron chi connectivity index (χ3n) is 5.42. The first-order valence-electron chi connectivity index (χ1n) is 10.8. The smallest absolute Gasteiger partial charge is 0.341 e. The molecule has 31 heavy (non-hydrogen) atoms. The first-order chi connectivity index (χ1) is 14.7. The van der Waals surface area contributed by atoms with E-state index in [1.54, 1.807) is 0 Å². The van der Waals surface area contributed by atoms with Gasteiger partial charge in [0, 0.05) is 23.9 Å². The summed E-state index contributed by atoms with van der Waals surface area (Å²) >= 11 is 1.38. The van der Waals surface area contributed by atoms with Crippen molar-refractivity contribution < 1.29 is 23.9 Å². The normalized spacial score (nSPS) is 15.2. The monoisotopic (exact) mass is 453 g/mol. The SMILES string of the molecule is COC(=O)c1c(NC(=O)CN2CCC(C(=O)NCCCOC(C)C)CC2)sc(C)c1C. The van der Waals surface area contributed by atoms with Crippen LogP contribution in [0.4, 0.5) is 5.00 Å². The van der Waals surface area contributed by atoms with Gasteiger partial charge in [0.2, 0.25) is 11.8 Å². The minimum Gasteiger partial charge on any atom is -0.465 e. The molecule has 1 aliphatic heterocycles. The molecule has 0 aromatic carbocycles. The predicted molar refractivity (Wildman–Crippen MR) is 122 cm³/mol. The standard InChI is InChI=1S/C22H35N3O5S/c1-14(2)30-12-6-9-23-20(27)17-7-10-25(11-8-17)13-18(26)24-21-19(22(28)29-5)15(3)16(4)31-21/h14,17H,6-13H2,1-5H3,(H,23,27)(H,24,26). The molecule has 1 fully saturated rings. The fraction of sp³-hybridized carbons (Fsp3) is 0.682. The highest BCUT2D eigenvalue weighted by molar-refractivity contribution is 7.16. The van der Waals surface area contributed by atoms with Gasteiger partial charge >= 0.3 is 5.97 Å². The van der Waals surface area contributed by atoms with Gasteiger partial charge in [-0.15, -0.1) is 11.3 Å². The average molecular weight is 454 g/mol. The van der Waals surface area contributed by atoms with Crippen LogP contribution in [0.1, 0.15) is 53.9 Å². The number of rotatable bonds is 10. The molecule has 1 saturated heterocycles. The number of nitrogens with one attached hydrogen (secondary N) is 2. The largest absolute Gasteiger partial charge is 0.465 e. The van der Waals surface area contributed by atoms with Crippen LogP contribution in [-0.2, 0) is 19.1 Å². The van der Waals surface area contributed by atoms with Crippen molar-refractivity contribution >= 4 is 34.1 Å². The Hall–Kier alpha value is -1.97. The number of thiophene rings is 1. The summed E-state index contributed by atoms with van der Waals surface area (Å²) in [4.78, 5) is 40.0. The number of piperidine rings is 1.